The summed E-state index contributed by atoms with van der Waals surface area (Å²) in [5.41, 5.74) is 1.48. The summed E-state index contributed by atoms with van der Waals surface area (Å²) in [4.78, 5) is 43.9. The second kappa shape index (κ2) is 10.1. The number of aromatic nitrogens is 4. The van der Waals surface area contributed by atoms with Gasteiger partial charge in [-0.3, -0.25) is 14.2 Å². The van der Waals surface area contributed by atoms with Crippen LogP contribution in [0.25, 0.3) is 11.2 Å². The molecule has 2 aromatic carbocycles. The maximum Gasteiger partial charge on any atom is 0.333 e. The summed E-state index contributed by atoms with van der Waals surface area (Å²) in [5.74, 6) is -0.543. The molecule has 9 nitrogen and oxygen atoms in total. The molecule has 0 aliphatic rings. The Morgan fingerprint density at radius 3 is 2.59 bits per heavy atom. The van der Waals surface area contributed by atoms with E-state index in [-0.39, 0.29) is 17.7 Å². The molecule has 0 bridgehead atoms. The van der Waals surface area contributed by atoms with Gasteiger partial charge in [-0.15, -0.1) is 0 Å². The number of anilines is 1. The van der Waals surface area contributed by atoms with Crippen LogP contribution in [0.5, 0.6) is 0 Å². The SMILES string of the molecule is COCCn1cnc2c1c(=O)n(CC(=O)Nc1ccc(C)cc1Cl)c(=O)n2Cc1ccccc1. The lowest BCUT2D eigenvalue weighted by molar-refractivity contribution is -0.116. The fourth-order valence-corrected chi connectivity index (χ4v) is 3.98. The lowest BCUT2D eigenvalue weighted by Gasteiger charge is -2.13. The highest BCUT2D eigenvalue weighted by atomic mass is 35.5. The van der Waals surface area contributed by atoms with Crippen LogP contribution < -0.4 is 16.6 Å². The van der Waals surface area contributed by atoms with E-state index in [0.717, 1.165) is 15.7 Å². The summed E-state index contributed by atoms with van der Waals surface area (Å²) in [6.45, 7) is 2.34. The van der Waals surface area contributed by atoms with E-state index in [4.69, 9.17) is 16.3 Å². The van der Waals surface area contributed by atoms with Crippen molar-refractivity contribution in [2.45, 2.75) is 26.6 Å². The van der Waals surface area contributed by atoms with Gasteiger partial charge in [0.05, 0.1) is 30.2 Å². The molecule has 0 saturated heterocycles. The molecular formula is C24H24ClN5O4. The zero-order valence-corrected chi connectivity index (χ0v) is 19.6. The third-order valence-electron chi connectivity index (χ3n) is 5.40. The van der Waals surface area contributed by atoms with E-state index in [1.54, 1.807) is 29.9 Å². The lowest BCUT2D eigenvalue weighted by atomic mass is 10.2. The van der Waals surface area contributed by atoms with Gasteiger partial charge in [0, 0.05) is 13.7 Å². The van der Waals surface area contributed by atoms with E-state index in [2.05, 4.69) is 10.3 Å². The van der Waals surface area contributed by atoms with Crippen LogP contribution in [0.2, 0.25) is 5.02 Å². The summed E-state index contributed by atoms with van der Waals surface area (Å²) < 4.78 is 9.09. The highest BCUT2D eigenvalue weighted by Crippen LogP contribution is 2.22. The van der Waals surface area contributed by atoms with Crippen LogP contribution in [0.4, 0.5) is 5.69 Å². The van der Waals surface area contributed by atoms with Crippen LogP contribution in [0, 0.1) is 6.92 Å². The third-order valence-corrected chi connectivity index (χ3v) is 5.72. The van der Waals surface area contributed by atoms with Crippen molar-refractivity contribution in [3.8, 4) is 0 Å². The van der Waals surface area contributed by atoms with Crippen LogP contribution in [-0.2, 0) is 29.2 Å². The maximum absolute atomic E-state index is 13.4. The van der Waals surface area contributed by atoms with Gasteiger partial charge in [0.25, 0.3) is 5.56 Å². The number of nitrogens with zero attached hydrogens (tertiary/aromatic N) is 4. The van der Waals surface area contributed by atoms with Gasteiger partial charge in [-0.25, -0.2) is 14.3 Å². The monoisotopic (exact) mass is 481 g/mol. The number of carbonyl (C=O) groups is 1. The number of methoxy groups -OCH3 is 1. The molecule has 0 aliphatic heterocycles. The van der Waals surface area contributed by atoms with Crippen LogP contribution >= 0.6 is 11.6 Å². The van der Waals surface area contributed by atoms with Crippen LogP contribution in [0.1, 0.15) is 11.1 Å². The van der Waals surface area contributed by atoms with E-state index in [1.807, 2.05) is 37.3 Å². The molecule has 1 amide bonds. The van der Waals surface area contributed by atoms with Gasteiger partial charge >= 0.3 is 5.69 Å². The van der Waals surface area contributed by atoms with Crippen molar-refractivity contribution in [3.05, 3.63) is 91.8 Å². The van der Waals surface area contributed by atoms with Gasteiger partial charge in [0.15, 0.2) is 11.2 Å². The normalized spacial score (nSPS) is 11.1. The average Bonchev–Trinajstić information content (AvgIpc) is 3.24. The molecule has 1 N–H and O–H groups in total. The molecule has 2 heterocycles. The van der Waals surface area contributed by atoms with Gasteiger partial charge in [-0.2, -0.15) is 0 Å². The van der Waals surface area contributed by atoms with Crippen molar-refractivity contribution < 1.29 is 9.53 Å². The largest absolute Gasteiger partial charge is 0.383 e. The molecule has 0 unspecified atom stereocenters. The first-order chi connectivity index (χ1) is 16.4. The van der Waals surface area contributed by atoms with E-state index >= 15 is 0 Å². The Labute approximate surface area is 200 Å². The van der Waals surface area contributed by atoms with Crippen LogP contribution in [-0.4, -0.2) is 38.3 Å². The zero-order valence-electron chi connectivity index (χ0n) is 18.8. The van der Waals surface area contributed by atoms with Crippen molar-refractivity contribution in [1.29, 1.82) is 0 Å². The van der Waals surface area contributed by atoms with Crippen molar-refractivity contribution in [1.82, 2.24) is 18.7 Å². The van der Waals surface area contributed by atoms with Crippen molar-refractivity contribution in [3.63, 3.8) is 0 Å². The maximum atomic E-state index is 13.4. The molecule has 0 fully saturated rings. The lowest BCUT2D eigenvalue weighted by Crippen LogP contribution is -2.43. The number of amides is 1. The summed E-state index contributed by atoms with van der Waals surface area (Å²) in [7, 11) is 1.56. The summed E-state index contributed by atoms with van der Waals surface area (Å²) in [6.07, 6.45) is 1.50. The Kier molecular flexibility index (Phi) is 6.95. The van der Waals surface area contributed by atoms with E-state index in [9.17, 15) is 14.4 Å². The first kappa shape index (κ1) is 23.5. The molecule has 2 aromatic heterocycles. The predicted molar refractivity (Wildman–Crippen MR) is 130 cm³/mol. The Balaban J connectivity index is 1.77. The van der Waals surface area contributed by atoms with Gasteiger partial charge in [-0.05, 0) is 30.2 Å². The van der Waals surface area contributed by atoms with Crippen LogP contribution in [0.15, 0.2) is 64.4 Å². The van der Waals surface area contributed by atoms with E-state index in [0.29, 0.717) is 23.9 Å². The Morgan fingerprint density at radius 1 is 1.12 bits per heavy atom. The number of nitrogens with one attached hydrogen (secondary N) is 1. The zero-order chi connectivity index (χ0) is 24.2. The first-order valence-electron chi connectivity index (χ1n) is 10.7. The van der Waals surface area contributed by atoms with E-state index < -0.39 is 23.7 Å². The second-order valence-corrected chi connectivity index (χ2v) is 8.29. The fourth-order valence-electron chi connectivity index (χ4n) is 3.70. The minimum Gasteiger partial charge on any atom is -0.383 e. The Hall–Kier alpha value is -3.69. The van der Waals surface area contributed by atoms with Crippen molar-refractivity contribution in [2.24, 2.45) is 0 Å². The molecule has 34 heavy (non-hydrogen) atoms. The number of benzene rings is 2. The van der Waals surface area contributed by atoms with Gasteiger partial charge < -0.3 is 14.6 Å². The number of imidazole rings is 1. The summed E-state index contributed by atoms with van der Waals surface area (Å²) in [5, 5.41) is 3.05. The number of carbonyl (C=O) groups excluding carboxylic acids is 1. The van der Waals surface area contributed by atoms with Gasteiger partial charge in [0.1, 0.15) is 6.54 Å². The highest BCUT2D eigenvalue weighted by Gasteiger charge is 2.20. The Bertz CT molecular complexity index is 1460. The molecule has 4 aromatic rings. The van der Waals surface area contributed by atoms with Crippen molar-refractivity contribution >= 4 is 34.4 Å². The average molecular weight is 482 g/mol. The van der Waals surface area contributed by atoms with Gasteiger partial charge in [0.2, 0.25) is 5.91 Å². The molecule has 0 saturated carbocycles. The molecule has 176 valence electrons. The smallest absolute Gasteiger partial charge is 0.333 e. The summed E-state index contributed by atoms with van der Waals surface area (Å²) in [6, 6.07) is 14.6. The third kappa shape index (κ3) is 4.80. The number of hydrogen-bond donors (Lipinski definition) is 1. The molecule has 0 atom stereocenters. The molecule has 0 radical (unpaired) electrons. The number of halogens is 1. The fraction of sp³-hybridized carbons (Fsp3) is 0.250. The molecule has 10 heteroatoms. The predicted octanol–water partition coefficient (Wildman–Crippen LogP) is 2.65. The van der Waals surface area contributed by atoms with E-state index in [1.165, 1.54) is 10.9 Å². The molecule has 0 aliphatic carbocycles. The second-order valence-electron chi connectivity index (χ2n) is 7.88. The quantitative estimate of drug-likeness (QED) is 0.417. The highest BCUT2D eigenvalue weighted by molar-refractivity contribution is 6.33. The number of aryl methyl sites for hydroxylation is 1. The molecular weight excluding hydrogens is 458 g/mol. The van der Waals surface area contributed by atoms with Gasteiger partial charge in [-0.1, -0.05) is 48.0 Å². The minimum atomic E-state index is -0.622. The number of fused-ring (bicyclic) bond motifs is 1. The summed E-state index contributed by atoms with van der Waals surface area (Å²) >= 11 is 6.21. The minimum absolute atomic E-state index is 0.198. The number of hydrogen-bond acceptors (Lipinski definition) is 5. The number of rotatable bonds is 8. The van der Waals surface area contributed by atoms with Crippen molar-refractivity contribution in [2.75, 3.05) is 19.0 Å². The topological polar surface area (TPSA) is 100 Å². The van der Waals surface area contributed by atoms with Crippen LogP contribution in [0.3, 0.4) is 0 Å². The first-order valence-corrected chi connectivity index (χ1v) is 11.0. The molecule has 0 spiro atoms. The Morgan fingerprint density at radius 2 is 1.88 bits per heavy atom. The number of ether oxygens (including phenoxy) is 1. The standard InChI is InChI=1S/C24H24ClN5O4/c1-16-8-9-19(18(25)12-16)27-20(31)14-30-23(32)21-22(26-15-28(21)10-11-34-2)29(24(30)33)13-17-6-4-3-5-7-17/h3-9,12,15H,10-11,13-14H2,1-2H3,(H,27,31). The molecule has 4 rings (SSSR count).